The number of H-pyrrole nitrogens is 1. The third-order valence-electron chi connectivity index (χ3n) is 2.71. The van der Waals surface area contributed by atoms with E-state index in [1.165, 1.54) is 11.3 Å². The van der Waals surface area contributed by atoms with Crippen molar-refractivity contribution in [1.82, 2.24) is 20.0 Å². The summed E-state index contributed by atoms with van der Waals surface area (Å²) in [4.78, 5) is 7.95. The fourth-order valence-electron chi connectivity index (χ4n) is 1.71. The zero-order valence-electron chi connectivity index (χ0n) is 11.4. The number of thiophene rings is 1. The number of sulfonamides is 1. The van der Waals surface area contributed by atoms with E-state index in [1.807, 2.05) is 13.0 Å². The Balaban J connectivity index is 2.08. The number of rotatable bonds is 7. The first-order chi connectivity index (χ1) is 9.53. The standard InChI is InChI=1S/C12H18N4O2S2/c1-3-13-8-10-4-5-11(19-10)20(17,18)16-9(2)12-14-6-7-15-12/h4-7,9,13,16H,3,8H2,1-2H3,(H,14,15). The highest BCUT2D eigenvalue weighted by atomic mass is 32.2. The smallest absolute Gasteiger partial charge is 0.250 e. The SMILES string of the molecule is CCNCc1ccc(S(=O)(=O)NC(C)c2ncc[nH]2)s1. The molecule has 0 aliphatic heterocycles. The largest absolute Gasteiger partial charge is 0.347 e. The Morgan fingerprint density at radius 2 is 2.25 bits per heavy atom. The molecule has 6 nitrogen and oxygen atoms in total. The molecule has 2 heterocycles. The van der Waals surface area contributed by atoms with Gasteiger partial charge in [-0.1, -0.05) is 6.92 Å². The molecule has 0 fully saturated rings. The topological polar surface area (TPSA) is 86.9 Å². The zero-order chi connectivity index (χ0) is 14.6. The van der Waals surface area contributed by atoms with Crippen molar-refractivity contribution in [3.8, 4) is 0 Å². The van der Waals surface area contributed by atoms with Gasteiger partial charge in [0.25, 0.3) is 10.0 Å². The number of nitrogens with zero attached hydrogens (tertiary/aromatic N) is 1. The van der Waals surface area contributed by atoms with Crippen molar-refractivity contribution >= 4 is 21.4 Å². The summed E-state index contributed by atoms with van der Waals surface area (Å²) in [6.07, 6.45) is 3.26. The van der Waals surface area contributed by atoms with Crippen molar-refractivity contribution in [2.24, 2.45) is 0 Å². The molecule has 8 heteroatoms. The summed E-state index contributed by atoms with van der Waals surface area (Å²) < 4.78 is 27.5. The molecule has 110 valence electrons. The van der Waals surface area contributed by atoms with Crippen LogP contribution in [0.15, 0.2) is 28.7 Å². The van der Waals surface area contributed by atoms with Gasteiger partial charge in [-0.05, 0) is 25.6 Å². The van der Waals surface area contributed by atoms with Crippen LogP contribution in [0.5, 0.6) is 0 Å². The van der Waals surface area contributed by atoms with Crippen LogP contribution in [-0.4, -0.2) is 24.9 Å². The second kappa shape index (κ2) is 6.49. The van der Waals surface area contributed by atoms with Gasteiger partial charge in [-0.15, -0.1) is 11.3 Å². The van der Waals surface area contributed by atoms with Crippen LogP contribution < -0.4 is 10.0 Å². The molecular formula is C12H18N4O2S2. The van der Waals surface area contributed by atoms with Crippen LogP contribution in [0, 0.1) is 0 Å². The number of aromatic amines is 1. The Labute approximate surface area is 122 Å². The van der Waals surface area contributed by atoms with E-state index >= 15 is 0 Å². The quantitative estimate of drug-likeness (QED) is 0.725. The van der Waals surface area contributed by atoms with Gasteiger partial charge in [0.15, 0.2) is 0 Å². The van der Waals surface area contributed by atoms with Gasteiger partial charge in [0, 0.05) is 23.8 Å². The minimum Gasteiger partial charge on any atom is -0.347 e. The summed E-state index contributed by atoms with van der Waals surface area (Å²) in [6.45, 7) is 5.31. The molecule has 0 aliphatic rings. The van der Waals surface area contributed by atoms with Gasteiger partial charge in [0.2, 0.25) is 0 Å². The Morgan fingerprint density at radius 3 is 2.90 bits per heavy atom. The molecule has 0 saturated heterocycles. The summed E-state index contributed by atoms with van der Waals surface area (Å²) in [7, 11) is -3.51. The van der Waals surface area contributed by atoms with E-state index in [1.54, 1.807) is 25.4 Å². The lowest BCUT2D eigenvalue weighted by Crippen LogP contribution is -2.26. The molecule has 1 atom stereocenters. The molecule has 0 aromatic carbocycles. The maximum absolute atomic E-state index is 12.3. The van der Waals surface area contributed by atoms with Crippen LogP contribution in [0.4, 0.5) is 0 Å². The van der Waals surface area contributed by atoms with Crippen LogP contribution in [-0.2, 0) is 16.6 Å². The first-order valence-corrected chi connectivity index (χ1v) is 8.64. The monoisotopic (exact) mass is 314 g/mol. The molecule has 1 unspecified atom stereocenters. The van der Waals surface area contributed by atoms with E-state index in [0.29, 0.717) is 16.6 Å². The first kappa shape index (κ1) is 15.2. The normalized spacial score (nSPS) is 13.5. The lowest BCUT2D eigenvalue weighted by atomic mass is 10.3. The van der Waals surface area contributed by atoms with Crippen molar-refractivity contribution in [1.29, 1.82) is 0 Å². The predicted octanol–water partition coefficient (Wildman–Crippen LogP) is 1.62. The number of hydrogen-bond acceptors (Lipinski definition) is 5. The Kier molecular flexibility index (Phi) is 4.92. The van der Waals surface area contributed by atoms with Crippen molar-refractivity contribution in [3.63, 3.8) is 0 Å². The fraction of sp³-hybridized carbons (Fsp3) is 0.417. The fourth-order valence-corrected chi connectivity index (χ4v) is 4.26. The first-order valence-electron chi connectivity index (χ1n) is 6.34. The summed E-state index contributed by atoms with van der Waals surface area (Å²) in [5.74, 6) is 0.595. The molecule has 0 radical (unpaired) electrons. The third kappa shape index (κ3) is 3.66. The molecule has 0 saturated carbocycles. The van der Waals surface area contributed by atoms with E-state index in [2.05, 4.69) is 20.0 Å². The summed E-state index contributed by atoms with van der Waals surface area (Å²) in [5, 5.41) is 3.17. The van der Waals surface area contributed by atoms with Crippen LogP contribution in [0.2, 0.25) is 0 Å². The van der Waals surface area contributed by atoms with Crippen molar-refractivity contribution < 1.29 is 8.42 Å². The number of hydrogen-bond donors (Lipinski definition) is 3. The zero-order valence-corrected chi connectivity index (χ0v) is 13.0. The molecule has 20 heavy (non-hydrogen) atoms. The van der Waals surface area contributed by atoms with E-state index in [9.17, 15) is 8.42 Å². The second-order valence-electron chi connectivity index (χ2n) is 4.32. The van der Waals surface area contributed by atoms with Gasteiger partial charge in [0.1, 0.15) is 10.0 Å². The van der Waals surface area contributed by atoms with Gasteiger partial charge in [0.05, 0.1) is 6.04 Å². The molecule has 0 spiro atoms. The van der Waals surface area contributed by atoms with Gasteiger partial charge < -0.3 is 10.3 Å². The molecule has 0 aliphatic carbocycles. The number of nitrogens with one attached hydrogen (secondary N) is 3. The number of aromatic nitrogens is 2. The van der Waals surface area contributed by atoms with Crippen LogP contribution in [0.25, 0.3) is 0 Å². The Morgan fingerprint density at radius 1 is 1.45 bits per heavy atom. The molecule has 2 rings (SSSR count). The minimum absolute atomic E-state index is 0.323. The average Bonchev–Trinajstić information content (AvgIpc) is 3.07. The highest BCUT2D eigenvalue weighted by Gasteiger charge is 2.21. The van der Waals surface area contributed by atoms with E-state index in [0.717, 1.165) is 11.4 Å². The van der Waals surface area contributed by atoms with E-state index < -0.39 is 16.1 Å². The predicted molar refractivity (Wildman–Crippen MR) is 79.0 cm³/mol. The molecular weight excluding hydrogens is 296 g/mol. The van der Waals surface area contributed by atoms with Crippen LogP contribution in [0.3, 0.4) is 0 Å². The minimum atomic E-state index is -3.51. The van der Waals surface area contributed by atoms with E-state index in [-0.39, 0.29) is 0 Å². The Hall–Kier alpha value is -1.22. The maximum Gasteiger partial charge on any atom is 0.250 e. The average molecular weight is 314 g/mol. The lowest BCUT2D eigenvalue weighted by molar-refractivity contribution is 0.563. The van der Waals surface area contributed by atoms with Crippen LogP contribution >= 0.6 is 11.3 Å². The van der Waals surface area contributed by atoms with Crippen molar-refractivity contribution in [3.05, 3.63) is 35.2 Å². The summed E-state index contributed by atoms with van der Waals surface area (Å²) >= 11 is 1.28. The summed E-state index contributed by atoms with van der Waals surface area (Å²) in [6, 6.07) is 3.07. The second-order valence-corrected chi connectivity index (χ2v) is 7.43. The third-order valence-corrected chi connectivity index (χ3v) is 5.83. The summed E-state index contributed by atoms with van der Waals surface area (Å²) in [5.41, 5.74) is 0. The van der Waals surface area contributed by atoms with Crippen molar-refractivity contribution in [2.75, 3.05) is 6.54 Å². The highest BCUT2D eigenvalue weighted by Crippen LogP contribution is 2.23. The van der Waals surface area contributed by atoms with Crippen molar-refractivity contribution in [2.45, 2.75) is 30.6 Å². The Bertz CT molecular complexity index is 634. The number of imidazole rings is 1. The van der Waals surface area contributed by atoms with Gasteiger partial charge in [-0.25, -0.2) is 18.1 Å². The molecule has 0 amide bonds. The molecule has 2 aromatic heterocycles. The van der Waals surface area contributed by atoms with Gasteiger partial charge in [-0.2, -0.15) is 0 Å². The lowest BCUT2D eigenvalue weighted by Gasteiger charge is -2.10. The van der Waals surface area contributed by atoms with E-state index in [4.69, 9.17) is 0 Å². The highest BCUT2D eigenvalue weighted by molar-refractivity contribution is 7.91. The molecule has 0 bridgehead atoms. The van der Waals surface area contributed by atoms with Crippen LogP contribution in [0.1, 0.15) is 30.6 Å². The maximum atomic E-state index is 12.3. The molecule has 3 N–H and O–H groups in total. The van der Waals surface area contributed by atoms with Gasteiger partial charge >= 0.3 is 0 Å². The molecule has 2 aromatic rings. The van der Waals surface area contributed by atoms with Gasteiger partial charge in [-0.3, -0.25) is 0 Å².